The van der Waals surface area contributed by atoms with Gasteiger partial charge in [-0.3, -0.25) is 0 Å². The van der Waals surface area contributed by atoms with Crippen LogP contribution >= 0.6 is 0 Å². The zero-order chi connectivity index (χ0) is 25.8. The molecule has 7 heteroatoms. The molecule has 4 aromatic rings. The molecule has 0 heterocycles. The van der Waals surface area contributed by atoms with Gasteiger partial charge in [-0.2, -0.15) is 8.78 Å². The molecule has 0 unspecified atom stereocenters. The number of hydrogen-bond donors (Lipinski definition) is 0. The second-order valence-corrected chi connectivity index (χ2v) is 8.66. The summed E-state index contributed by atoms with van der Waals surface area (Å²) in [6.07, 6.45) is 2.86. The Labute approximate surface area is 205 Å². The highest BCUT2D eigenvalue weighted by molar-refractivity contribution is 5.88. The van der Waals surface area contributed by atoms with Gasteiger partial charge in [0, 0.05) is 5.39 Å². The standard InChI is InChI=1S/C29H24F6O/c1-2-3-4-18-14-24(31)27(25(32)15-18)21-10-11-22-20(16-21)9-8-19(28(22)33)7-5-17-6-12-26(23(30)13-17)36-29(34)35/h6,8-16,29H,2-5,7H2,1H3. The van der Waals surface area contributed by atoms with Gasteiger partial charge in [-0.25, -0.2) is 17.6 Å². The molecule has 188 valence electrons. The van der Waals surface area contributed by atoms with Crippen LogP contribution < -0.4 is 4.74 Å². The van der Waals surface area contributed by atoms with Crippen molar-refractivity contribution >= 4 is 10.8 Å². The van der Waals surface area contributed by atoms with Crippen molar-refractivity contribution in [2.75, 3.05) is 0 Å². The van der Waals surface area contributed by atoms with E-state index in [1.54, 1.807) is 18.2 Å². The lowest BCUT2D eigenvalue weighted by Gasteiger charge is -2.12. The van der Waals surface area contributed by atoms with Crippen LogP contribution in [0.25, 0.3) is 21.9 Å². The molecule has 4 aromatic carbocycles. The topological polar surface area (TPSA) is 9.23 Å². The van der Waals surface area contributed by atoms with Gasteiger partial charge in [0.2, 0.25) is 0 Å². The Balaban J connectivity index is 1.55. The number of alkyl halides is 2. The molecule has 0 fully saturated rings. The van der Waals surface area contributed by atoms with Crippen molar-refractivity contribution in [2.24, 2.45) is 0 Å². The number of benzene rings is 4. The van der Waals surface area contributed by atoms with Crippen LogP contribution in [0, 0.1) is 23.3 Å². The van der Waals surface area contributed by atoms with E-state index in [0.29, 0.717) is 39.4 Å². The first-order chi connectivity index (χ1) is 17.3. The lowest BCUT2D eigenvalue weighted by Crippen LogP contribution is -2.04. The SMILES string of the molecule is CCCCc1cc(F)c(-c2ccc3c(F)c(CCc4ccc(OC(F)F)c(F)c4)ccc3c2)c(F)c1. The fourth-order valence-corrected chi connectivity index (χ4v) is 4.28. The average Bonchev–Trinajstić information content (AvgIpc) is 2.83. The van der Waals surface area contributed by atoms with Crippen molar-refractivity contribution in [3.05, 3.63) is 101 Å². The van der Waals surface area contributed by atoms with Gasteiger partial charge in [0.1, 0.15) is 17.5 Å². The first kappa shape index (κ1) is 25.6. The average molecular weight is 502 g/mol. The number of rotatable bonds is 9. The van der Waals surface area contributed by atoms with Crippen LogP contribution in [0.4, 0.5) is 26.3 Å². The van der Waals surface area contributed by atoms with E-state index in [2.05, 4.69) is 4.74 Å². The summed E-state index contributed by atoms with van der Waals surface area (Å²) in [4.78, 5) is 0. The Kier molecular flexibility index (Phi) is 7.87. The third-order valence-electron chi connectivity index (χ3n) is 6.14. The molecule has 0 aliphatic rings. The highest BCUT2D eigenvalue weighted by atomic mass is 19.3. The van der Waals surface area contributed by atoms with Gasteiger partial charge in [-0.15, -0.1) is 0 Å². The molecular weight excluding hydrogens is 478 g/mol. The van der Waals surface area contributed by atoms with Gasteiger partial charge in [-0.1, -0.05) is 43.7 Å². The summed E-state index contributed by atoms with van der Waals surface area (Å²) < 4.78 is 87.3. The molecular formula is C29H24F6O. The minimum absolute atomic E-state index is 0.150. The van der Waals surface area contributed by atoms with Gasteiger partial charge in [0.15, 0.2) is 11.6 Å². The maximum absolute atomic E-state index is 15.2. The van der Waals surface area contributed by atoms with E-state index in [9.17, 15) is 22.0 Å². The van der Waals surface area contributed by atoms with Gasteiger partial charge < -0.3 is 4.74 Å². The van der Waals surface area contributed by atoms with E-state index >= 15 is 4.39 Å². The molecule has 0 atom stereocenters. The third kappa shape index (κ3) is 5.66. The second-order valence-electron chi connectivity index (χ2n) is 8.66. The highest BCUT2D eigenvalue weighted by Crippen LogP contribution is 2.32. The predicted molar refractivity (Wildman–Crippen MR) is 128 cm³/mol. The molecule has 0 amide bonds. The second kappa shape index (κ2) is 11.1. The smallest absolute Gasteiger partial charge is 0.387 e. The number of ether oxygens (including phenoxy) is 1. The molecule has 0 aliphatic carbocycles. The largest absolute Gasteiger partial charge is 0.432 e. The summed E-state index contributed by atoms with van der Waals surface area (Å²) in [6.45, 7) is -1.12. The normalized spacial score (nSPS) is 11.4. The van der Waals surface area contributed by atoms with Crippen LogP contribution in [0.3, 0.4) is 0 Å². The highest BCUT2D eigenvalue weighted by Gasteiger charge is 2.16. The molecule has 4 rings (SSSR count). The van der Waals surface area contributed by atoms with Crippen LogP contribution in [0.15, 0.2) is 60.7 Å². The lowest BCUT2D eigenvalue weighted by molar-refractivity contribution is -0.0522. The molecule has 0 radical (unpaired) electrons. The Morgan fingerprint density at radius 3 is 2.11 bits per heavy atom. The van der Waals surface area contributed by atoms with E-state index in [1.807, 2.05) is 6.92 Å². The summed E-state index contributed by atoms with van der Waals surface area (Å²) in [6, 6.07) is 14.1. The van der Waals surface area contributed by atoms with Crippen molar-refractivity contribution in [2.45, 2.75) is 45.6 Å². The molecule has 0 aliphatic heterocycles. The zero-order valence-electron chi connectivity index (χ0n) is 19.6. The van der Waals surface area contributed by atoms with Crippen LogP contribution in [0.1, 0.15) is 36.5 Å². The Bertz CT molecular complexity index is 1360. The summed E-state index contributed by atoms with van der Waals surface area (Å²) in [5.74, 6) is -3.26. The minimum atomic E-state index is -3.13. The van der Waals surface area contributed by atoms with Crippen molar-refractivity contribution in [3.63, 3.8) is 0 Å². The quantitative estimate of drug-likeness (QED) is 0.208. The molecule has 0 bridgehead atoms. The first-order valence-electron chi connectivity index (χ1n) is 11.7. The van der Waals surface area contributed by atoms with E-state index in [4.69, 9.17) is 0 Å². The van der Waals surface area contributed by atoms with Crippen LogP contribution in [-0.4, -0.2) is 6.61 Å². The number of aryl methyl sites for hydroxylation is 3. The summed E-state index contributed by atoms with van der Waals surface area (Å²) in [7, 11) is 0. The number of unbranched alkanes of at least 4 members (excludes halogenated alkanes) is 1. The Morgan fingerprint density at radius 1 is 0.722 bits per heavy atom. The van der Waals surface area contributed by atoms with E-state index in [0.717, 1.165) is 25.0 Å². The Morgan fingerprint density at radius 2 is 1.44 bits per heavy atom. The monoisotopic (exact) mass is 502 g/mol. The van der Waals surface area contributed by atoms with E-state index in [1.165, 1.54) is 30.3 Å². The van der Waals surface area contributed by atoms with Gasteiger partial charge in [-0.05, 0) is 83.7 Å². The fraction of sp³-hybridized carbons (Fsp3) is 0.241. The zero-order valence-corrected chi connectivity index (χ0v) is 19.6. The molecule has 0 N–H and O–H groups in total. The maximum atomic E-state index is 15.2. The molecule has 36 heavy (non-hydrogen) atoms. The van der Waals surface area contributed by atoms with E-state index in [-0.39, 0.29) is 18.4 Å². The van der Waals surface area contributed by atoms with Crippen LogP contribution in [-0.2, 0) is 19.3 Å². The number of hydrogen-bond acceptors (Lipinski definition) is 1. The van der Waals surface area contributed by atoms with Crippen LogP contribution in [0.5, 0.6) is 5.75 Å². The molecule has 0 spiro atoms. The molecule has 0 aromatic heterocycles. The van der Waals surface area contributed by atoms with Crippen molar-refractivity contribution in [1.29, 1.82) is 0 Å². The minimum Gasteiger partial charge on any atom is -0.432 e. The van der Waals surface area contributed by atoms with Crippen molar-refractivity contribution < 1.29 is 31.1 Å². The summed E-state index contributed by atoms with van der Waals surface area (Å²) >= 11 is 0. The summed E-state index contributed by atoms with van der Waals surface area (Å²) in [5, 5.41) is 0.783. The number of fused-ring (bicyclic) bond motifs is 1. The third-order valence-corrected chi connectivity index (χ3v) is 6.14. The molecule has 1 nitrogen and oxygen atoms in total. The van der Waals surface area contributed by atoms with Crippen molar-refractivity contribution in [3.8, 4) is 16.9 Å². The Hall–Kier alpha value is -3.48. The number of halogens is 6. The van der Waals surface area contributed by atoms with E-state index < -0.39 is 35.6 Å². The maximum Gasteiger partial charge on any atom is 0.387 e. The fourth-order valence-electron chi connectivity index (χ4n) is 4.28. The first-order valence-corrected chi connectivity index (χ1v) is 11.7. The van der Waals surface area contributed by atoms with Gasteiger partial charge in [0.25, 0.3) is 0 Å². The summed E-state index contributed by atoms with van der Waals surface area (Å²) in [5.41, 5.74) is 1.64. The van der Waals surface area contributed by atoms with Crippen molar-refractivity contribution in [1.82, 2.24) is 0 Å². The van der Waals surface area contributed by atoms with Gasteiger partial charge >= 0.3 is 6.61 Å². The van der Waals surface area contributed by atoms with Crippen LogP contribution in [0.2, 0.25) is 0 Å². The lowest BCUT2D eigenvalue weighted by atomic mass is 9.95. The predicted octanol–water partition coefficient (Wildman–Crippen LogP) is 8.79. The molecule has 0 saturated heterocycles. The molecule has 0 saturated carbocycles. The van der Waals surface area contributed by atoms with Gasteiger partial charge in [0.05, 0.1) is 5.56 Å².